The predicted octanol–water partition coefficient (Wildman–Crippen LogP) is 0.832. The molecule has 0 saturated heterocycles. The summed E-state index contributed by atoms with van der Waals surface area (Å²) >= 11 is 0. The van der Waals surface area contributed by atoms with E-state index in [0.29, 0.717) is 6.67 Å². The predicted molar refractivity (Wildman–Crippen MR) is 52.9 cm³/mol. The van der Waals surface area contributed by atoms with Crippen LogP contribution in [-0.2, 0) is 4.74 Å². The van der Waals surface area contributed by atoms with E-state index in [9.17, 15) is 4.79 Å². The number of amides is 1. The zero-order valence-electron chi connectivity index (χ0n) is 8.51. The molecule has 14 heavy (non-hydrogen) atoms. The molecule has 5 nitrogen and oxygen atoms in total. The fourth-order valence-electron chi connectivity index (χ4n) is 1.04. The van der Waals surface area contributed by atoms with Crippen LogP contribution in [0.1, 0.15) is 0 Å². The van der Waals surface area contributed by atoms with Gasteiger partial charge in [0, 0.05) is 26.5 Å². The van der Waals surface area contributed by atoms with E-state index in [2.05, 4.69) is 6.58 Å². The largest absolute Gasteiger partial charge is 0.444 e. The normalized spacial score (nSPS) is 14.4. The second kappa shape index (κ2) is 4.55. The fourth-order valence-corrected chi connectivity index (χ4v) is 1.04. The van der Waals surface area contributed by atoms with Crippen LogP contribution in [0.25, 0.3) is 0 Å². The molecule has 0 aliphatic carbocycles. The molecule has 0 radical (unpaired) electrons. The highest BCUT2D eigenvalue weighted by Crippen LogP contribution is 2.07. The van der Waals surface area contributed by atoms with E-state index in [-0.39, 0.29) is 12.7 Å². The smallest absolute Gasteiger partial charge is 0.428 e. The molecule has 1 aliphatic rings. The minimum absolute atomic E-state index is 0.233. The van der Waals surface area contributed by atoms with Crippen LogP contribution in [0.15, 0.2) is 25.1 Å². The lowest BCUT2D eigenvalue weighted by Crippen LogP contribution is -2.41. The Morgan fingerprint density at radius 2 is 2.43 bits per heavy atom. The van der Waals surface area contributed by atoms with Crippen LogP contribution >= 0.6 is 0 Å². The number of ether oxygens (including phenoxy) is 1. The Morgan fingerprint density at radius 3 is 2.93 bits per heavy atom. The number of hydrogen-bond donors (Lipinski definition) is 0. The molecule has 1 aliphatic heterocycles. The Bertz CT molecular complexity index is 252. The standard InChI is InChI=1S/C9H15N3O2/c1-4-7-14-9(13)11(3)12-6-5-10(2)8-12/h4-6H,1,7-8H2,2-3H3. The van der Waals surface area contributed by atoms with Gasteiger partial charge in [-0.05, 0) is 0 Å². The third-order valence-corrected chi connectivity index (χ3v) is 1.84. The van der Waals surface area contributed by atoms with Crippen molar-refractivity contribution in [2.24, 2.45) is 0 Å². The molecule has 0 aromatic heterocycles. The first kappa shape index (κ1) is 10.4. The van der Waals surface area contributed by atoms with Crippen LogP contribution in [0.3, 0.4) is 0 Å². The zero-order valence-corrected chi connectivity index (χ0v) is 8.51. The highest BCUT2D eigenvalue weighted by atomic mass is 16.6. The lowest BCUT2D eigenvalue weighted by Gasteiger charge is -2.27. The van der Waals surface area contributed by atoms with Crippen molar-refractivity contribution in [3.05, 3.63) is 25.1 Å². The minimum Gasteiger partial charge on any atom is -0.444 e. The molecule has 0 spiro atoms. The molecular weight excluding hydrogens is 182 g/mol. The van der Waals surface area contributed by atoms with Crippen molar-refractivity contribution < 1.29 is 9.53 Å². The highest BCUT2D eigenvalue weighted by molar-refractivity contribution is 5.66. The van der Waals surface area contributed by atoms with Gasteiger partial charge >= 0.3 is 6.09 Å². The van der Waals surface area contributed by atoms with E-state index in [1.54, 1.807) is 12.1 Å². The van der Waals surface area contributed by atoms with Gasteiger partial charge in [0.2, 0.25) is 0 Å². The highest BCUT2D eigenvalue weighted by Gasteiger charge is 2.18. The molecule has 5 heteroatoms. The summed E-state index contributed by atoms with van der Waals surface area (Å²) in [5.74, 6) is 0. The van der Waals surface area contributed by atoms with Gasteiger partial charge in [0.25, 0.3) is 0 Å². The maximum atomic E-state index is 11.4. The van der Waals surface area contributed by atoms with Crippen LogP contribution < -0.4 is 0 Å². The molecule has 78 valence electrons. The Kier molecular flexibility index (Phi) is 3.39. The third kappa shape index (κ3) is 2.42. The summed E-state index contributed by atoms with van der Waals surface area (Å²) in [5.41, 5.74) is 0. The summed E-state index contributed by atoms with van der Waals surface area (Å²) in [6, 6.07) is 0. The van der Waals surface area contributed by atoms with E-state index in [4.69, 9.17) is 4.74 Å². The summed E-state index contributed by atoms with van der Waals surface area (Å²) in [4.78, 5) is 13.3. The van der Waals surface area contributed by atoms with E-state index < -0.39 is 0 Å². The van der Waals surface area contributed by atoms with Crippen LogP contribution in [0, 0.1) is 0 Å². The van der Waals surface area contributed by atoms with Gasteiger partial charge in [0.05, 0.1) is 0 Å². The molecule has 0 bridgehead atoms. The number of nitrogens with zero attached hydrogens (tertiary/aromatic N) is 3. The molecule has 0 N–H and O–H groups in total. The Hall–Kier alpha value is -1.65. The lowest BCUT2D eigenvalue weighted by atomic mass is 10.7. The van der Waals surface area contributed by atoms with Gasteiger partial charge in [-0.25, -0.2) is 9.80 Å². The Morgan fingerprint density at radius 1 is 1.71 bits per heavy atom. The van der Waals surface area contributed by atoms with E-state index in [0.717, 1.165) is 0 Å². The second-order valence-electron chi connectivity index (χ2n) is 3.03. The number of carbonyl (C=O) groups excluding carboxylic acids is 1. The summed E-state index contributed by atoms with van der Waals surface area (Å²) < 4.78 is 4.88. The molecule has 0 saturated carbocycles. The van der Waals surface area contributed by atoms with Gasteiger partial charge < -0.3 is 9.64 Å². The zero-order chi connectivity index (χ0) is 10.6. The van der Waals surface area contributed by atoms with E-state index in [1.165, 1.54) is 11.1 Å². The maximum Gasteiger partial charge on any atom is 0.428 e. The van der Waals surface area contributed by atoms with Crippen molar-refractivity contribution in [2.75, 3.05) is 27.4 Å². The quantitative estimate of drug-likeness (QED) is 0.628. The monoisotopic (exact) mass is 197 g/mol. The summed E-state index contributed by atoms with van der Waals surface area (Å²) in [7, 11) is 3.59. The van der Waals surface area contributed by atoms with Gasteiger partial charge in [-0.15, -0.1) is 0 Å². The first-order valence-corrected chi connectivity index (χ1v) is 4.31. The first-order chi connectivity index (χ1) is 6.65. The molecule has 0 unspecified atom stereocenters. The Labute approximate surface area is 83.8 Å². The molecule has 1 rings (SSSR count). The van der Waals surface area contributed by atoms with Gasteiger partial charge in [0.15, 0.2) is 0 Å². The second-order valence-corrected chi connectivity index (χ2v) is 3.03. The number of carbonyl (C=O) groups is 1. The molecule has 0 atom stereocenters. The first-order valence-electron chi connectivity index (χ1n) is 4.31. The average Bonchev–Trinajstić information content (AvgIpc) is 2.60. The third-order valence-electron chi connectivity index (χ3n) is 1.84. The van der Waals surface area contributed by atoms with Crippen LogP contribution in [0.4, 0.5) is 4.79 Å². The average molecular weight is 197 g/mol. The van der Waals surface area contributed by atoms with Crippen LogP contribution in [0.2, 0.25) is 0 Å². The molecule has 0 fully saturated rings. The van der Waals surface area contributed by atoms with Crippen molar-refractivity contribution in [1.82, 2.24) is 14.9 Å². The molecular formula is C9H15N3O2. The summed E-state index contributed by atoms with van der Waals surface area (Å²) in [5, 5.41) is 3.18. The fraction of sp³-hybridized carbons (Fsp3) is 0.444. The van der Waals surface area contributed by atoms with Crippen molar-refractivity contribution in [2.45, 2.75) is 0 Å². The van der Waals surface area contributed by atoms with Crippen molar-refractivity contribution in [3.63, 3.8) is 0 Å². The topological polar surface area (TPSA) is 36.0 Å². The molecule has 1 amide bonds. The molecule has 0 aromatic carbocycles. The minimum atomic E-state index is -0.384. The summed E-state index contributed by atoms with van der Waals surface area (Å²) in [6.07, 6.45) is 4.86. The van der Waals surface area contributed by atoms with Gasteiger partial charge in [-0.2, -0.15) is 0 Å². The number of rotatable bonds is 3. The SMILES string of the molecule is C=CCOC(=O)N(C)N1C=CN(C)C1. The number of hydrazine groups is 1. The van der Waals surface area contributed by atoms with Crippen molar-refractivity contribution in [1.29, 1.82) is 0 Å². The van der Waals surface area contributed by atoms with E-state index in [1.807, 2.05) is 24.3 Å². The lowest BCUT2D eigenvalue weighted by molar-refractivity contribution is 0.0241. The summed E-state index contributed by atoms with van der Waals surface area (Å²) in [6.45, 7) is 4.36. The van der Waals surface area contributed by atoms with Crippen molar-refractivity contribution >= 4 is 6.09 Å². The molecule has 1 heterocycles. The van der Waals surface area contributed by atoms with Gasteiger partial charge in [-0.1, -0.05) is 12.7 Å². The van der Waals surface area contributed by atoms with Crippen molar-refractivity contribution in [3.8, 4) is 0 Å². The maximum absolute atomic E-state index is 11.4. The van der Waals surface area contributed by atoms with Crippen LogP contribution in [-0.4, -0.2) is 48.4 Å². The number of hydrogen-bond acceptors (Lipinski definition) is 4. The van der Waals surface area contributed by atoms with Gasteiger partial charge in [0.1, 0.15) is 13.3 Å². The van der Waals surface area contributed by atoms with E-state index >= 15 is 0 Å². The molecule has 0 aromatic rings. The van der Waals surface area contributed by atoms with Gasteiger partial charge in [-0.3, -0.25) is 5.01 Å². The Balaban J connectivity index is 2.40. The van der Waals surface area contributed by atoms with Crippen LogP contribution in [0.5, 0.6) is 0 Å².